The topological polar surface area (TPSA) is 35.6 Å². The number of hydrazine groups is 1. The maximum absolute atomic E-state index is 13.1. The van der Waals surface area contributed by atoms with Crippen LogP contribution in [0, 0.1) is 19.7 Å². The molecular weight excluding hydrogens is 329 g/mol. The fourth-order valence-corrected chi connectivity index (χ4v) is 3.69. The summed E-state index contributed by atoms with van der Waals surface area (Å²) < 4.78 is 13.1. The average Bonchev–Trinajstić information content (AvgIpc) is 3.05. The quantitative estimate of drug-likeness (QED) is 0.918. The van der Waals surface area contributed by atoms with Gasteiger partial charge in [0.2, 0.25) is 0 Å². The zero-order valence-electron chi connectivity index (χ0n) is 14.9. The molecule has 2 aliphatic rings. The summed E-state index contributed by atoms with van der Waals surface area (Å²) in [6, 6.07) is 12.5. The number of hydrogen-bond acceptors (Lipinski definition) is 3. The molecule has 2 aromatic rings. The van der Waals surface area contributed by atoms with Gasteiger partial charge in [-0.25, -0.2) is 9.82 Å². The highest BCUT2D eigenvalue weighted by Gasteiger charge is 2.39. The predicted octanol–water partition coefficient (Wildman–Crippen LogP) is 3.58. The summed E-state index contributed by atoms with van der Waals surface area (Å²) in [5.41, 5.74) is 7.90. The van der Waals surface area contributed by atoms with Crippen molar-refractivity contribution in [1.29, 1.82) is 0 Å². The highest BCUT2D eigenvalue weighted by molar-refractivity contribution is 5.84. The van der Waals surface area contributed by atoms with Crippen molar-refractivity contribution in [2.45, 2.75) is 38.9 Å². The fourth-order valence-electron chi connectivity index (χ4n) is 3.69. The van der Waals surface area contributed by atoms with Crippen LogP contribution in [0.1, 0.15) is 34.7 Å². The molecule has 4 rings (SSSR count). The molecule has 5 heteroatoms. The first-order chi connectivity index (χ1) is 12.5. The van der Waals surface area contributed by atoms with Crippen LogP contribution in [0.4, 0.5) is 4.39 Å². The Balaban J connectivity index is 1.49. The largest absolute Gasteiger partial charge is 0.311 e. The Morgan fingerprint density at radius 2 is 1.88 bits per heavy atom. The minimum Gasteiger partial charge on any atom is -0.311 e. The summed E-state index contributed by atoms with van der Waals surface area (Å²) in [7, 11) is 0. The molecule has 134 valence electrons. The zero-order valence-corrected chi connectivity index (χ0v) is 14.9. The smallest absolute Gasteiger partial charge is 0.251 e. The maximum Gasteiger partial charge on any atom is 0.251 e. The number of aryl methyl sites for hydroxylation is 2. The van der Waals surface area contributed by atoms with Crippen LogP contribution in [0.15, 0.2) is 54.9 Å². The van der Waals surface area contributed by atoms with Crippen LogP contribution in [0.25, 0.3) is 0 Å². The summed E-state index contributed by atoms with van der Waals surface area (Å²) in [4.78, 5) is 14.7. The van der Waals surface area contributed by atoms with E-state index in [4.69, 9.17) is 0 Å². The van der Waals surface area contributed by atoms with Crippen LogP contribution in [0.3, 0.4) is 0 Å². The van der Waals surface area contributed by atoms with Crippen molar-refractivity contribution in [1.82, 2.24) is 15.3 Å². The number of rotatable bonds is 3. The molecule has 1 N–H and O–H groups in total. The third kappa shape index (κ3) is 3.10. The maximum atomic E-state index is 13.1. The molecule has 2 aliphatic heterocycles. The van der Waals surface area contributed by atoms with E-state index in [0.29, 0.717) is 13.0 Å². The van der Waals surface area contributed by atoms with Gasteiger partial charge in [0.05, 0.1) is 12.6 Å². The molecule has 2 heterocycles. The average molecular weight is 351 g/mol. The number of fused-ring (bicyclic) bond motifs is 1. The summed E-state index contributed by atoms with van der Waals surface area (Å²) >= 11 is 0. The van der Waals surface area contributed by atoms with Crippen molar-refractivity contribution in [2.75, 3.05) is 0 Å². The number of halogens is 1. The van der Waals surface area contributed by atoms with Crippen LogP contribution in [0.5, 0.6) is 0 Å². The minimum atomic E-state index is -0.250. The number of amides is 1. The number of benzene rings is 2. The monoisotopic (exact) mass is 351 g/mol. The van der Waals surface area contributed by atoms with E-state index >= 15 is 0 Å². The fraction of sp³-hybridized carbons (Fsp3) is 0.286. The number of carbonyl (C=O) groups excluding carboxylic acids is 1. The summed E-state index contributed by atoms with van der Waals surface area (Å²) in [5, 5.41) is 1.87. The molecule has 2 unspecified atom stereocenters. The molecule has 1 amide bonds. The van der Waals surface area contributed by atoms with Gasteiger partial charge in [0, 0.05) is 12.4 Å². The predicted molar refractivity (Wildman–Crippen MR) is 98.1 cm³/mol. The molecule has 2 atom stereocenters. The van der Waals surface area contributed by atoms with E-state index in [0.717, 1.165) is 11.1 Å². The molecule has 4 nitrogen and oxygen atoms in total. The van der Waals surface area contributed by atoms with Gasteiger partial charge in [-0.3, -0.25) is 4.79 Å². The minimum absolute atomic E-state index is 0.00950. The Hall–Kier alpha value is -2.66. The van der Waals surface area contributed by atoms with Crippen molar-refractivity contribution in [3.05, 3.63) is 82.9 Å². The van der Waals surface area contributed by atoms with E-state index in [-0.39, 0.29) is 23.8 Å². The number of nitrogens with one attached hydrogen (secondary N) is 1. The molecule has 1 fully saturated rings. The van der Waals surface area contributed by atoms with Gasteiger partial charge in [0.1, 0.15) is 11.9 Å². The van der Waals surface area contributed by atoms with E-state index < -0.39 is 0 Å². The zero-order chi connectivity index (χ0) is 18.3. The van der Waals surface area contributed by atoms with Crippen LogP contribution >= 0.6 is 0 Å². The Labute approximate surface area is 152 Å². The number of hydrogen-bond donors (Lipinski definition) is 1. The Kier molecular flexibility index (Phi) is 4.24. The van der Waals surface area contributed by atoms with Crippen molar-refractivity contribution in [3.63, 3.8) is 0 Å². The summed E-state index contributed by atoms with van der Waals surface area (Å²) in [5.74, 6) is -0.162. The first-order valence-electron chi connectivity index (χ1n) is 8.86. The van der Waals surface area contributed by atoms with E-state index in [1.807, 2.05) is 17.4 Å². The summed E-state index contributed by atoms with van der Waals surface area (Å²) in [6.45, 7) is 4.72. The van der Waals surface area contributed by atoms with Crippen LogP contribution in [-0.2, 0) is 11.3 Å². The van der Waals surface area contributed by atoms with E-state index in [1.165, 1.54) is 23.3 Å². The second-order valence-electron chi connectivity index (χ2n) is 7.09. The van der Waals surface area contributed by atoms with Gasteiger partial charge in [-0.1, -0.05) is 35.9 Å². The molecule has 0 radical (unpaired) electrons. The first-order valence-corrected chi connectivity index (χ1v) is 8.86. The van der Waals surface area contributed by atoms with Crippen LogP contribution in [-0.4, -0.2) is 21.9 Å². The molecule has 0 bridgehead atoms. The third-order valence-electron chi connectivity index (χ3n) is 5.19. The summed E-state index contributed by atoms with van der Waals surface area (Å²) in [6.07, 6.45) is 4.41. The van der Waals surface area contributed by atoms with Gasteiger partial charge in [-0.2, -0.15) is 0 Å². The lowest BCUT2D eigenvalue weighted by Crippen LogP contribution is -2.47. The Bertz CT molecular complexity index is 862. The van der Waals surface area contributed by atoms with E-state index in [2.05, 4.69) is 37.5 Å². The molecule has 1 saturated heterocycles. The number of carbonyl (C=O) groups is 1. The van der Waals surface area contributed by atoms with Gasteiger partial charge in [-0.15, -0.1) is 0 Å². The second kappa shape index (κ2) is 6.57. The first kappa shape index (κ1) is 16.8. The normalized spacial score (nSPS) is 22.0. The molecule has 0 aliphatic carbocycles. The number of nitrogens with zero attached hydrogens (tertiary/aromatic N) is 2. The standard InChI is InChI=1S/C21H22FN3O/c1-14-3-4-17(15(2)11-14)13-24-9-10-25-20(21(24)26)12-19(23-25)16-5-7-18(22)8-6-16/h3-11,19-20,23H,12-13H2,1-2H3. The van der Waals surface area contributed by atoms with Crippen molar-refractivity contribution >= 4 is 5.91 Å². The van der Waals surface area contributed by atoms with Crippen molar-refractivity contribution < 1.29 is 9.18 Å². The van der Waals surface area contributed by atoms with Gasteiger partial charge in [-0.05, 0) is 49.1 Å². The van der Waals surface area contributed by atoms with Gasteiger partial charge in [0.15, 0.2) is 0 Å². The molecule has 0 aromatic heterocycles. The van der Waals surface area contributed by atoms with Gasteiger partial charge >= 0.3 is 0 Å². The molecule has 0 spiro atoms. The van der Waals surface area contributed by atoms with Crippen LogP contribution in [0.2, 0.25) is 0 Å². The SMILES string of the molecule is Cc1ccc(CN2C=CN3NC(c4ccc(F)cc4)CC3C2=O)c(C)c1. The lowest BCUT2D eigenvalue weighted by molar-refractivity contribution is -0.134. The lowest BCUT2D eigenvalue weighted by atomic mass is 10.0. The van der Waals surface area contributed by atoms with Crippen molar-refractivity contribution in [3.8, 4) is 0 Å². The Morgan fingerprint density at radius 3 is 2.62 bits per heavy atom. The lowest BCUT2D eigenvalue weighted by Gasteiger charge is -2.32. The van der Waals surface area contributed by atoms with Gasteiger partial charge < -0.3 is 9.91 Å². The van der Waals surface area contributed by atoms with E-state index in [9.17, 15) is 9.18 Å². The highest BCUT2D eigenvalue weighted by atomic mass is 19.1. The molecule has 0 saturated carbocycles. The van der Waals surface area contributed by atoms with E-state index in [1.54, 1.807) is 17.0 Å². The molecular formula is C21H22FN3O. The highest BCUT2D eigenvalue weighted by Crippen LogP contribution is 2.31. The van der Waals surface area contributed by atoms with Crippen molar-refractivity contribution in [2.24, 2.45) is 0 Å². The molecule has 26 heavy (non-hydrogen) atoms. The van der Waals surface area contributed by atoms with Crippen LogP contribution < -0.4 is 5.43 Å². The Morgan fingerprint density at radius 1 is 1.12 bits per heavy atom. The van der Waals surface area contributed by atoms with Gasteiger partial charge in [0.25, 0.3) is 5.91 Å². The molecule has 2 aromatic carbocycles. The third-order valence-corrected chi connectivity index (χ3v) is 5.19. The second-order valence-corrected chi connectivity index (χ2v) is 7.09.